The van der Waals surface area contributed by atoms with Crippen LogP contribution in [0.2, 0.25) is 0 Å². The molecule has 0 saturated heterocycles. The maximum Gasteiger partial charge on any atom is 0.332 e. The Morgan fingerprint density at radius 1 is 1.36 bits per heavy atom. The predicted molar refractivity (Wildman–Crippen MR) is 49.9 cm³/mol. The standard InChI is InChI=1S/C10H14O4/c1-6-4-3-5-10(2,9(13)14)7(6)8(11)12/h3-5H2,1-2H3,(H,11,12)(H,13,14). The number of aliphatic carboxylic acids is 2. The highest BCUT2D eigenvalue weighted by atomic mass is 16.4. The van der Waals surface area contributed by atoms with Crippen LogP contribution in [0.1, 0.15) is 33.1 Å². The first-order valence-corrected chi connectivity index (χ1v) is 4.56. The molecule has 1 rings (SSSR count). The van der Waals surface area contributed by atoms with Crippen molar-refractivity contribution >= 4 is 11.9 Å². The lowest BCUT2D eigenvalue weighted by molar-refractivity contribution is -0.150. The molecule has 0 aromatic heterocycles. The highest BCUT2D eigenvalue weighted by molar-refractivity contribution is 5.97. The third-order valence-corrected chi connectivity index (χ3v) is 2.89. The summed E-state index contributed by atoms with van der Waals surface area (Å²) in [4.78, 5) is 22.0. The van der Waals surface area contributed by atoms with Crippen molar-refractivity contribution in [2.45, 2.75) is 33.1 Å². The summed E-state index contributed by atoms with van der Waals surface area (Å²) >= 11 is 0. The molecule has 0 fully saturated rings. The van der Waals surface area contributed by atoms with Gasteiger partial charge < -0.3 is 10.2 Å². The molecule has 0 aromatic rings. The van der Waals surface area contributed by atoms with Gasteiger partial charge in [0.05, 0.1) is 11.0 Å². The molecule has 2 N–H and O–H groups in total. The average Bonchev–Trinajstić information content (AvgIpc) is 2.02. The van der Waals surface area contributed by atoms with Crippen molar-refractivity contribution in [1.82, 2.24) is 0 Å². The van der Waals surface area contributed by atoms with Crippen LogP contribution in [0.4, 0.5) is 0 Å². The van der Waals surface area contributed by atoms with Gasteiger partial charge >= 0.3 is 11.9 Å². The van der Waals surface area contributed by atoms with Crippen molar-refractivity contribution in [2.75, 3.05) is 0 Å². The van der Waals surface area contributed by atoms with Crippen molar-refractivity contribution in [1.29, 1.82) is 0 Å². The minimum atomic E-state index is -1.21. The van der Waals surface area contributed by atoms with Gasteiger partial charge in [-0.25, -0.2) is 4.79 Å². The first-order chi connectivity index (χ1) is 6.39. The van der Waals surface area contributed by atoms with Crippen molar-refractivity contribution < 1.29 is 19.8 Å². The van der Waals surface area contributed by atoms with Crippen molar-refractivity contribution in [3.8, 4) is 0 Å². The monoisotopic (exact) mass is 198 g/mol. The molecule has 0 radical (unpaired) electrons. The molecule has 0 amide bonds. The smallest absolute Gasteiger partial charge is 0.332 e. The van der Waals surface area contributed by atoms with Gasteiger partial charge in [-0.3, -0.25) is 4.79 Å². The molecule has 78 valence electrons. The molecule has 14 heavy (non-hydrogen) atoms. The van der Waals surface area contributed by atoms with E-state index in [0.717, 1.165) is 6.42 Å². The molecule has 0 spiro atoms. The maximum absolute atomic E-state index is 11.0. The molecule has 1 aliphatic carbocycles. The van der Waals surface area contributed by atoms with Crippen molar-refractivity contribution in [2.24, 2.45) is 5.41 Å². The van der Waals surface area contributed by atoms with E-state index in [1.807, 2.05) is 0 Å². The molecule has 0 heterocycles. The normalized spacial score (nSPS) is 27.6. The summed E-state index contributed by atoms with van der Waals surface area (Å²) in [5.41, 5.74) is -0.460. The van der Waals surface area contributed by atoms with Gasteiger partial charge in [0.2, 0.25) is 0 Å². The number of carboxylic acid groups (broad SMARTS) is 2. The molecule has 1 aliphatic rings. The lowest BCUT2D eigenvalue weighted by Crippen LogP contribution is -2.36. The zero-order chi connectivity index (χ0) is 10.9. The lowest BCUT2D eigenvalue weighted by Gasteiger charge is -2.31. The van der Waals surface area contributed by atoms with Crippen LogP contribution in [-0.4, -0.2) is 22.2 Å². The van der Waals surface area contributed by atoms with Crippen LogP contribution in [0.3, 0.4) is 0 Å². The SMILES string of the molecule is CC1=C(C(=O)O)C(C)(C(=O)O)CCC1. The fourth-order valence-corrected chi connectivity index (χ4v) is 2.06. The Morgan fingerprint density at radius 2 is 1.93 bits per heavy atom. The third-order valence-electron chi connectivity index (χ3n) is 2.89. The highest BCUT2D eigenvalue weighted by Gasteiger charge is 2.43. The summed E-state index contributed by atoms with van der Waals surface area (Å²) in [5.74, 6) is -2.15. The molecule has 1 unspecified atom stereocenters. The first-order valence-electron chi connectivity index (χ1n) is 4.56. The van der Waals surface area contributed by atoms with Gasteiger partial charge in [-0.05, 0) is 33.1 Å². The topological polar surface area (TPSA) is 74.6 Å². The van der Waals surface area contributed by atoms with Gasteiger partial charge in [0.15, 0.2) is 0 Å². The second kappa shape index (κ2) is 3.44. The van der Waals surface area contributed by atoms with Crippen molar-refractivity contribution in [3.05, 3.63) is 11.1 Å². The van der Waals surface area contributed by atoms with Gasteiger partial charge in [-0.15, -0.1) is 0 Å². The molecule has 1 atom stereocenters. The predicted octanol–water partition coefficient (Wildman–Crippen LogP) is 1.66. The van der Waals surface area contributed by atoms with Crippen LogP contribution in [0.15, 0.2) is 11.1 Å². The molecule has 0 bridgehead atoms. The Morgan fingerprint density at radius 3 is 2.29 bits per heavy atom. The maximum atomic E-state index is 11.0. The summed E-state index contributed by atoms with van der Waals surface area (Å²) in [6, 6.07) is 0. The fourth-order valence-electron chi connectivity index (χ4n) is 2.06. The van der Waals surface area contributed by atoms with E-state index in [-0.39, 0.29) is 5.57 Å². The number of hydrogen-bond donors (Lipinski definition) is 2. The number of carbonyl (C=O) groups is 2. The van der Waals surface area contributed by atoms with Crippen LogP contribution in [0.5, 0.6) is 0 Å². The zero-order valence-electron chi connectivity index (χ0n) is 8.33. The van der Waals surface area contributed by atoms with Gasteiger partial charge in [0.1, 0.15) is 0 Å². The van der Waals surface area contributed by atoms with Crippen LogP contribution in [-0.2, 0) is 9.59 Å². The molecule has 4 nitrogen and oxygen atoms in total. The van der Waals surface area contributed by atoms with E-state index < -0.39 is 17.4 Å². The van der Waals surface area contributed by atoms with E-state index >= 15 is 0 Å². The van der Waals surface area contributed by atoms with E-state index in [1.54, 1.807) is 6.92 Å². The number of rotatable bonds is 2. The summed E-state index contributed by atoms with van der Waals surface area (Å²) < 4.78 is 0. The van der Waals surface area contributed by atoms with E-state index in [0.29, 0.717) is 18.4 Å². The van der Waals surface area contributed by atoms with Crippen LogP contribution >= 0.6 is 0 Å². The quantitative estimate of drug-likeness (QED) is 0.707. The van der Waals surface area contributed by atoms with E-state index in [1.165, 1.54) is 6.92 Å². The van der Waals surface area contributed by atoms with Gasteiger partial charge in [0.25, 0.3) is 0 Å². The van der Waals surface area contributed by atoms with E-state index in [2.05, 4.69) is 0 Å². The summed E-state index contributed by atoms with van der Waals surface area (Å²) in [6.45, 7) is 3.19. The minimum Gasteiger partial charge on any atom is -0.481 e. The molecule has 0 saturated carbocycles. The molecule has 0 aromatic carbocycles. The number of carboxylic acids is 2. The van der Waals surface area contributed by atoms with Gasteiger partial charge in [0, 0.05) is 0 Å². The summed E-state index contributed by atoms with van der Waals surface area (Å²) in [6.07, 6.45) is 1.83. The van der Waals surface area contributed by atoms with E-state index in [4.69, 9.17) is 10.2 Å². The third kappa shape index (κ3) is 1.52. The Labute approximate surface area is 82.2 Å². The van der Waals surface area contributed by atoms with Crippen LogP contribution < -0.4 is 0 Å². The summed E-state index contributed by atoms with van der Waals surface area (Å²) in [5, 5.41) is 18.0. The lowest BCUT2D eigenvalue weighted by atomic mass is 9.71. The minimum absolute atomic E-state index is 0.0660. The number of allylic oxidation sites excluding steroid dienone is 1. The Kier molecular flexibility index (Phi) is 2.64. The molecular formula is C10H14O4. The highest BCUT2D eigenvalue weighted by Crippen LogP contribution is 2.40. The Hall–Kier alpha value is -1.32. The second-order valence-corrected chi connectivity index (χ2v) is 3.95. The zero-order valence-corrected chi connectivity index (χ0v) is 8.33. The molecule has 4 heteroatoms. The van der Waals surface area contributed by atoms with Crippen molar-refractivity contribution in [3.63, 3.8) is 0 Å². The molecule has 0 aliphatic heterocycles. The van der Waals surface area contributed by atoms with E-state index in [9.17, 15) is 9.59 Å². The number of hydrogen-bond acceptors (Lipinski definition) is 2. The second-order valence-electron chi connectivity index (χ2n) is 3.95. The summed E-state index contributed by atoms with van der Waals surface area (Å²) in [7, 11) is 0. The van der Waals surface area contributed by atoms with Crippen LogP contribution in [0.25, 0.3) is 0 Å². The Balaban J connectivity index is 3.25. The van der Waals surface area contributed by atoms with Gasteiger partial charge in [-0.2, -0.15) is 0 Å². The van der Waals surface area contributed by atoms with Crippen LogP contribution in [0, 0.1) is 5.41 Å². The largest absolute Gasteiger partial charge is 0.481 e. The average molecular weight is 198 g/mol. The fraction of sp³-hybridized carbons (Fsp3) is 0.600. The van der Waals surface area contributed by atoms with Gasteiger partial charge in [-0.1, -0.05) is 5.57 Å². The molecular weight excluding hydrogens is 184 g/mol. The Bertz CT molecular complexity index is 316. The first kappa shape index (κ1) is 10.8.